The van der Waals surface area contributed by atoms with Gasteiger partial charge in [0.2, 0.25) is 0 Å². The lowest BCUT2D eigenvalue weighted by molar-refractivity contribution is 0.103. The minimum absolute atomic E-state index is 0.00165. The number of benzene rings is 1. The molecule has 1 rings (SSSR count). The molecule has 0 heterocycles. The molecular formula is C12H17F2NO2. The molecule has 1 aromatic rings. The summed E-state index contributed by atoms with van der Waals surface area (Å²) in [5, 5.41) is 18.7. The van der Waals surface area contributed by atoms with Crippen LogP contribution in [0.15, 0.2) is 18.2 Å². The number of halogens is 2. The molecule has 0 saturated heterocycles. The normalized spacial score (nSPS) is 13.1. The highest BCUT2D eigenvalue weighted by Gasteiger charge is 2.14. The Hall–Kier alpha value is -1.04. The van der Waals surface area contributed by atoms with Crippen LogP contribution in [0.1, 0.15) is 18.6 Å². The van der Waals surface area contributed by atoms with Gasteiger partial charge in [0.25, 0.3) is 0 Å². The van der Waals surface area contributed by atoms with E-state index in [0.717, 1.165) is 12.1 Å². The Morgan fingerprint density at radius 1 is 1.29 bits per heavy atom. The van der Waals surface area contributed by atoms with E-state index in [-0.39, 0.29) is 13.2 Å². The Labute approximate surface area is 99.3 Å². The predicted molar refractivity (Wildman–Crippen MR) is 60.5 cm³/mol. The maximum Gasteiger partial charge on any atom is 0.159 e. The van der Waals surface area contributed by atoms with E-state index in [1.165, 1.54) is 6.07 Å². The van der Waals surface area contributed by atoms with Crippen molar-refractivity contribution in [3.8, 4) is 0 Å². The maximum absolute atomic E-state index is 13.0. The second-order valence-corrected chi connectivity index (χ2v) is 3.81. The van der Waals surface area contributed by atoms with Crippen LogP contribution >= 0.6 is 0 Å². The second-order valence-electron chi connectivity index (χ2n) is 3.81. The number of likely N-dealkylation sites (N-methyl/N-ethyl adjacent to an activating group) is 1. The zero-order valence-electron chi connectivity index (χ0n) is 9.74. The molecular weight excluding hydrogens is 228 g/mol. The molecule has 0 bridgehead atoms. The smallest absolute Gasteiger partial charge is 0.159 e. The molecule has 0 saturated carbocycles. The Balaban J connectivity index is 2.68. The van der Waals surface area contributed by atoms with E-state index in [1.54, 1.807) is 0 Å². The summed E-state index contributed by atoms with van der Waals surface area (Å²) in [4.78, 5) is 1.83. The highest BCUT2D eigenvalue weighted by Crippen LogP contribution is 2.17. The first-order valence-corrected chi connectivity index (χ1v) is 5.54. The van der Waals surface area contributed by atoms with Crippen LogP contribution < -0.4 is 0 Å². The molecule has 5 heteroatoms. The number of hydrogen-bond donors (Lipinski definition) is 2. The molecule has 1 aromatic carbocycles. The van der Waals surface area contributed by atoms with Crippen LogP contribution in [0.5, 0.6) is 0 Å². The van der Waals surface area contributed by atoms with E-state index in [9.17, 15) is 13.9 Å². The molecule has 0 radical (unpaired) electrons. The van der Waals surface area contributed by atoms with Crippen molar-refractivity contribution < 1.29 is 19.0 Å². The molecule has 0 aromatic heterocycles. The summed E-state index contributed by atoms with van der Waals surface area (Å²) in [7, 11) is 0. The van der Waals surface area contributed by atoms with Crippen molar-refractivity contribution >= 4 is 0 Å². The van der Waals surface area contributed by atoms with Gasteiger partial charge in [-0.3, -0.25) is 4.90 Å². The van der Waals surface area contributed by atoms with Crippen molar-refractivity contribution in [1.82, 2.24) is 4.90 Å². The largest absolute Gasteiger partial charge is 0.395 e. The van der Waals surface area contributed by atoms with Crippen LogP contribution in [0.2, 0.25) is 0 Å². The summed E-state index contributed by atoms with van der Waals surface area (Å²) in [5.41, 5.74) is 0.334. The fourth-order valence-corrected chi connectivity index (χ4v) is 1.59. The van der Waals surface area contributed by atoms with Crippen LogP contribution in [-0.4, -0.2) is 41.4 Å². The van der Waals surface area contributed by atoms with Crippen LogP contribution in [-0.2, 0) is 0 Å². The summed E-state index contributed by atoms with van der Waals surface area (Å²) in [5.74, 6) is -1.89. The highest BCUT2D eigenvalue weighted by atomic mass is 19.2. The van der Waals surface area contributed by atoms with Gasteiger partial charge in [-0.2, -0.15) is 0 Å². The lowest BCUT2D eigenvalue weighted by Crippen LogP contribution is -2.31. The molecule has 1 atom stereocenters. The number of nitrogens with zero attached hydrogens (tertiary/aromatic N) is 1. The summed E-state index contributed by atoms with van der Waals surface area (Å²) in [6.07, 6.45) is -0.892. The zero-order chi connectivity index (χ0) is 12.8. The Kier molecular flexibility index (Phi) is 5.47. The van der Waals surface area contributed by atoms with Crippen LogP contribution in [0.25, 0.3) is 0 Å². The summed E-state index contributed by atoms with van der Waals surface area (Å²) >= 11 is 0. The molecule has 0 aliphatic rings. The summed E-state index contributed by atoms with van der Waals surface area (Å²) in [6.45, 7) is 3.28. The van der Waals surface area contributed by atoms with Gasteiger partial charge in [-0.1, -0.05) is 13.0 Å². The van der Waals surface area contributed by atoms with Gasteiger partial charge < -0.3 is 10.2 Å². The average molecular weight is 245 g/mol. The molecule has 1 unspecified atom stereocenters. The number of hydrogen-bond acceptors (Lipinski definition) is 3. The third-order valence-electron chi connectivity index (χ3n) is 2.62. The molecule has 2 N–H and O–H groups in total. The number of rotatable bonds is 6. The minimum Gasteiger partial charge on any atom is -0.395 e. The highest BCUT2D eigenvalue weighted by molar-refractivity contribution is 5.20. The monoisotopic (exact) mass is 245 g/mol. The third-order valence-corrected chi connectivity index (χ3v) is 2.62. The topological polar surface area (TPSA) is 43.7 Å². The van der Waals surface area contributed by atoms with E-state index < -0.39 is 17.7 Å². The van der Waals surface area contributed by atoms with E-state index in [2.05, 4.69) is 0 Å². The standard InChI is InChI=1S/C12H17F2NO2/c1-2-15(5-6-16)8-12(17)9-3-4-10(13)11(14)7-9/h3-4,7,12,16-17H,2,5-6,8H2,1H3. The lowest BCUT2D eigenvalue weighted by atomic mass is 10.1. The molecule has 0 spiro atoms. The van der Waals surface area contributed by atoms with E-state index in [0.29, 0.717) is 18.7 Å². The van der Waals surface area contributed by atoms with E-state index in [4.69, 9.17) is 5.11 Å². The maximum atomic E-state index is 13.0. The quantitative estimate of drug-likeness (QED) is 0.794. The van der Waals surface area contributed by atoms with Gasteiger partial charge in [-0.25, -0.2) is 8.78 Å². The summed E-state index contributed by atoms with van der Waals surface area (Å²) < 4.78 is 25.7. The van der Waals surface area contributed by atoms with Gasteiger partial charge >= 0.3 is 0 Å². The molecule has 17 heavy (non-hydrogen) atoms. The molecule has 0 aliphatic heterocycles. The lowest BCUT2D eigenvalue weighted by Gasteiger charge is -2.22. The Bertz CT molecular complexity index is 360. The van der Waals surface area contributed by atoms with Gasteiger partial charge in [0.05, 0.1) is 12.7 Å². The van der Waals surface area contributed by atoms with Crippen LogP contribution in [0.4, 0.5) is 8.78 Å². The van der Waals surface area contributed by atoms with Gasteiger partial charge in [-0.15, -0.1) is 0 Å². The molecule has 96 valence electrons. The first-order chi connectivity index (χ1) is 8.08. The SMILES string of the molecule is CCN(CCO)CC(O)c1ccc(F)c(F)c1. The summed E-state index contributed by atoms with van der Waals surface area (Å²) in [6, 6.07) is 3.35. The van der Waals surface area contributed by atoms with Crippen molar-refractivity contribution in [3.63, 3.8) is 0 Å². The average Bonchev–Trinajstić information content (AvgIpc) is 2.31. The Morgan fingerprint density at radius 3 is 2.53 bits per heavy atom. The minimum atomic E-state index is -0.966. The van der Waals surface area contributed by atoms with Crippen LogP contribution in [0, 0.1) is 11.6 Å². The van der Waals surface area contributed by atoms with Gasteiger partial charge in [0, 0.05) is 13.1 Å². The van der Waals surface area contributed by atoms with E-state index in [1.807, 2.05) is 11.8 Å². The second kappa shape index (κ2) is 6.64. The molecule has 0 fully saturated rings. The van der Waals surface area contributed by atoms with Crippen molar-refractivity contribution in [3.05, 3.63) is 35.4 Å². The van der Waals surface area contributed by atoms with Crippen LogP contribution in [0.3, 0.4) is 0 Å². The molecule has 0 aliphatic carbocycles. The van der Waals surface area contributed by atoms with Crippen molar-refractivity contribution in [2.24, 2.45) is 0 Å². The van der Waals surface area contributed by atoms with E-state index >= 15 is 0 Å². The van der Waals surface area contributed by atoms with Crippen molar-refractivity contribution in [2.75, 3.05) is 26.2 Å². The molecule has 3 nitrogen and oxygen atoms in total. The zero-order valence-corrected chi connectivity index (χ0v) is 9.74. The van der Waals surface area contributed by atoms with Crippen molar-refractivity contribution in [2.45, 2.75) is 13.0 Å². The third kappa shape index (κ3) is 4.03. The fraction of sp³-hybridized carbons (Fsp3) is 0.500. The predicted octanol–water partition coefficient (Wildman–Crippen LogP) is 1.31. The first-order valence-electron chi connectivity index (χ1n) is 5.54. The van der Waals surface area contributed by atoms with Crippen molar-refractivity contribution in [1.29, 1.82) is 0 Å². The number of aliphatic hydroxyl groups excluding tert-OH is 2. The van der Waals surface area contributed by atoms with Gasteiger partial charge in [0.15, 0.2) is 11.6 Å². The number of aliphatic hydroxyl groups is 2. The molecule has 0 amide bonds. The Morgan fingerprint density at radius 2 is 2.00 bits per heavy atom. The van der Waals surface area contributed by atoms with Gasteiger partial charge in [0.1, 0.15) is 0 Å². The van der Waals surface area contributed by atoms with Gasteiger partial charge in [-0.05, 0) is 24.2 Å². The first kappa shape index (κ1) is 14.0. The fourth-order valence-electron chi connectivity index (χ4n) is 1.59.